The fourth-order valence-electron chi connectivity index (χ4n) is 3.07. The Morgan fingerprint density at radius 2 is 2.04 bits per heavy atom. The number of likely N-dealkylation sites (N-methyl/N-ethyl adjacent to an activating group) is 1. The van der Waals surface area contributed by atoms with E-state index in [0.29, 0.717) is 27.2 Å². The van der Waals surface area contributed by atoms with Crippen molar-refractivity contribution in [2.45, 2.75) is 13.5 Å². The quantitative estimate of drug-likeness (QED) is 0.506. The second-order valence-corrected chi connectivity index (χ2v) is 6.82. The molecule has 0 unspecified atom stereocenters. The van der Waals surface area contributed by atoms with E-state index >= 15 is 0 Å². The number of benzene rings is 2. The molecular formula is C20H16ClN3O3. The Labute approximate surface area is 159 Å². The van der Waals surface area contributed by atoms with Crippen LogP contribution in [0.2, 0.25) is 5.02 Å². The molecular weight excluding hydrogens is 366 g/mol. The van der Waals surface area contributed by atoms with E-state index in [2.05, 4.69) is 5.10 Å². The number of nitrogens with zero attached hydrogens (tertiary/aromatic N) is 3. The van der Waals surface area contributed by atoms with Crippen LogP contribution in [-0.4, -0.2) is 22.7 Å². The molecule has 2 heterocycles. The van der Waals surface area contributed by atoms with Crippen LogP contribution in [0.15, 0.2) is 57.9 Å². The molecule has 2 aromatic carbocycles. The maximum atomic E-state index is 12.8. The van der Waals surface area contributed by atoms with Crippen LogP contribution in [0.25, 0.3) is 21.9 Å². The zero-order valence-corrected chi connectivity index (χ0v) is 15.5. The highest BCUT2D eigenvalue weighted by Crippen LogP contribution is 2.24. The number of hydrogen-bond acceptors (Lipinski definition) is 4. The number of fused-ring (bicyclic) bond motifs is 3. The number of carbonyl (C=O) groups excluding carboxylic acids is 1. The lowest BCUT2D eigenvalue weighted by Crippen LogP contribution is -2.30. The van der Waals surface area contributed by atoms with Crippen molar-refractivity contribution in [1.82, 2.24) is 9.78 Å². The monoisotopic (exact) mass is 381 g/mol. The molecule has 6 nitrogen and oxygen atoms in total. The average molecular weight is 382 g/mol. The maximum Gasteiger partial charge on any atom is 0.347 e. The van der Waals surface area contributed by atoms with Crippen molar-refractivity contribution < 1.29 is 9.21 Å². The van der Waals surface area contributed by atoms with Gasteiger partial charge in [-0.15, -0.1) is 0 Å². The summed E-state index contributed by atoms with van der Waals surface area (Å²) in [4.78, 5) is 26.5. The van der Waals surface area contributed by atoms with Crippen LogP contribution >= 0.6 is 11.6 Å². The maximum absolute atomic E-state index is 12.8. The minimum absolute atomic E-state index is 0.0149. The predicted octanol–water partition coefficient (Wildman–Crippen LogP) is 3.77. The number of aromatic nitrogens is 2. The number of carbonyl (C=O) groups is 1. The van der Waals surface area contributed by atoms with Gasteiger partial charge in [0.15, 0.2) is 0 Å². The SMILES string of the molecule is Cc1ccc2oc(=O)c3cnn(CC(=O)N(C)c4cccc(Cl)c4)c3c2c1. The Hall–Kier alpha value is -3.12. The standard InChI is InChI=1S/C20H16ClN3O3/c1-12-6-7-17-15(8-12)19-16(20(26)27-17)10-22-24(19)11-18(25)23(2)14-5-3-4-13(21)9-14/h3-10H,11H2,1-2H3. The van der Waals surface area contributed by atoms with Crippen LogP contribution < -0.4 is 10.5 Å². The van der Waals surface area contributed by atoms with Gasteiger partial charge < -0.3 is 9.32 Å². The molecule has 0 fully saturated rings. The highest BCUT2D eigenvalue weighted by atomic mass is 35.5. The lowest BCUT2D eigenvalue weighted by molar-refractivity contribution is -0.119. The summed E-state index contributed by atoms with van der Waals surface area (Å²) >= 11 is 6.01. The second kappa shape index (κ2) is 6.55. The number of halogens is 1. The van der Waals surface area contributed by atoms with Gasteiger partial charge in [0, 0.05) is 23.1 Å². The third kappa shape index (κ3) is 3.08. The van der Waals surface area contributed by atoms with E-state index in [0.717, 1.165) is 10.9 Å². The average Bonchev–Trinajstić information content (AvgIpc) is 3.06. The molecule has 0 saturated carbocycles. The number of anilines is 1. The number of aryl methyl sites for hydroxylation is 1. The molecule has 0 N–H and O–H groups in total. The zero-order chi connectivity index (χ0) is 19.1. The van der Waals surface area contributed by atoms with Crippen molar-refractivity contribution in [3.63, 3.8) is 0 Å². The van der Waals surface area contributed by atoms with Gasteiger partial charge in [-0.25, -0.2) is 4.79 Å². The molecule has 0 aliphatic rings. The molecule has 27 heavy (non-hydrogen) atoms. The molecule has 0 saturated heterocycles. The van der Waals surface area contributed by atoms with Gasteiger partial charge in [0.25, 0.3) is 0 Å². The van der Waals surface area contributed by atoms with Gasteiger partial charge in [0.1, 0.15) is 17.5 Å². The van der Waals surface area contributed by atoms with Crippen LogP contribution in [0.5, 0.6) is 0 Å². The Balaban J connectivity index is 1.78. The van der Waals surface area contributed by atoms with Crippen LogP contribution in [0.1, 0.15) is 5.56 Å². The first-order valence-corrected chi connectivity index (χ1v) is 8.73. The summed E-state index contributed by atoms with van der Waals surface area (Å²) in [6.07, 6.45) is 1.44. The highest BCUT2D eigenvalue weighted by molar-refractivity contribution is 6.30. The van der Waals surface area contributed by atoms with Crippen molar-refractivity contribution in [2.24, 2.45) is 0 Å². The van der Waals surface area contributed by atoms with E-state index in [1.807, 2.05) is 19.1 Å². The lowest BCUT2D eigenvalue weighted by atomic mass is 10.1. The highest BCUT2D eigenvalue weighted by Gasteiger charge is 2.18. The molecule has 136 valence electrons. The van der Waals surface area contributed by atoms with E-state index in [4.69, 9.17) is 16.0 Å². The molecule has 1 amide bonds. The van der Waals surface area contributed by atoms with Gasteiger partial charge in [0.05, 0.1) is 11.7 Å². The van der Waals surface area contributed by atoms with Crippen molar-refractivity contribution in [1.29, 1.82) is 0 Å². The summed E-state index contributed by atoms with van der Waals surface area (Å²) in [6.45, 7) is 1.94. The van der Waals surface area contributed by atoms with Crippen LogP contribution in [0.4, 0.5) is 5.69 Å². The molecule has 0 bridgehead atoms. The molecule has 7 heteroatoms. The molecule has 0 atom stereocenters. The second-order valence-electron chi connectivity index (χ2n) is 6.39. The van der Waals surface area contributed by atoms with Crippen LogP contribution in [0.3, 0.4) is 0 Å². The molecule has 0 radical (unpaired) electrons. The normalized spacial score (nSPS) is 11.2. The van der Waals surface area contributed by atoms with E-state index in [1.165, 1.54) is 15.8 Å². The summed E-state index contributed by atoms with van der Waals surface area (Å²) in [7, 11) is 1.68. The van der Waals surface area contributed by atoms with Crippen molar-refractivity contribution in [3.05, 3.63) is 69.7 Å². The summed E-state index contributed by atoms with van der Waals surface area (Å²) in [5.41, 5.74) is 2.30. The van der Waals surface area contributed by atoms with Crippen molar-refractivity contribution in [2.75, 3.05) is 11.9 Å². The van der Waals surface area contributed by atoms with Gasteiger partial charge >= 0.3 is 5.63 Å². The first-order chi connectivity index (χ1) is 12.9. The van der Waals surface area contributed by atoms with Crippen LogP contribution in [0, 0.1) is 6.92 Å². The minimum Gasteiger partial charge on any atom is -0.422 e. The predicted molar refractivity (Wildman–Crippen MR) is 105 cm³/mol. The third-order valence-corrected chi connectivity index (χ3v) is 4.74. The van der Waals surface area contributed by atoms with Gasteiger partial charge in [-0.1, -0.05) is 29.3 Å². The van der Waals surface area contributed by atoms with E-state index in [9.17, 15) is 9.59 Å². The number of rotatable bonds is 3. The lowest BCUT2D eigenvalue weighted by Gasteiger charge is -2.18. The van der Waals surface area contributed by atoms with Gasteiger partial charge in [0.2, 0.25) is 5.91 Å². The Kier molecular flexibility index (Phi) is 4.20. The molecule has 0 spiro atoms. The Morgan fingerprint density at radius 1 is 1.22 bits per heavy atom. The van der Waals surface area contributed by atoms with Crippen LogP contribution in [-0.2, 0) is 11.3 Å². The third-order valence-electron chi connectivity index (χ3n) is 4.51. The zero-order valence-electron chi connectivity index (χ0n) is 14.8. The molecule has 2 aromatic heterocycles. The first kappa shape index (κ1) is 17.3. The van der Waals surface area contributed by atoms with Gasteiger partial charge in [-0.3, -0.25) is 9.48 Å². The number of hydrogen-bond donors (Lipinski definition) is 0. The van der Waals surface area contributed by atoms with Gasteiger partial charge in [-0.05, 0) is 37.3 Å². The Bertz CT molecular complexity index is 1240. The van der Waals surface area contributed by atoms with Gasteiger partial charge in [-0.2, -0.15) is 5.10 Å². The topological polar surface area (TPSA) is 68.3 Å². The molecule has 4 aromatic rings. The number of amides is 1. The smallest absolute Gasteiger partial charge is 0.347 e. The fourth-order valence-corrected chi connectivity index (χ4v) is 3.26. The fraction of sp³-hybridized carbons (Fsp3) is 0.150. The molecule has 4 rings (SSSR count). The van der Waals surface area contributed by atoms with Crippen molar-refractivity contribution in [3.8, 4) is 0 Å². The first-order valence-electron chi connectivity index (χ1n) is 8.35. The summed E-state index contributed by atoms with van der Waals surface area (Å²) in [6, 6.07) is 12.6. The summed E-state index contributed by atoms with van der Waals surface area (Å²) in [5, 5.41) is 5.91. The largest absolute Gasteiger partial charge is 0.422 e. The summed E-state index contributed by atoms with van der Waals surface area (Å²) < 4.78 is 6.90. The minimum atomic E-state index is -0.469. The van der Waals surface area contributed by atoms with E-state index in [-0.39, 0.29) is 12.5 Å². The molecule has 0 aliphatic heterocycles. The van der Waals surface area contributed by atoms with E-state index < -0.39 is 5.63 Å². The van der Waals surface area contributed by atoms with Crippen molar-refractivity contribution >= 4 is 45.1 Å². The summed E-state index contributed by atoms with van der Waals surface area (Å²) in [5.74, 6) is -0.184. The van der Waals surface area contributed by atoms with E-state index in [1.54, 1.807) is 37.4 Å². The molecule has 0 aliphatic carbocycles. The Morgan fingerprint density at radius 3 is 2.81 bits per heavy atom.